The van der Waals surface area contributed by atoms with Crippen LogP contribution in [0.25, 0.3) is 11.1 Å². The van der Waals surface area contributed by atoms with Gasteiger partial charge >= 0.3 is 5.97 Å². The van der Waals surface area contributed by atoms with Crippen molar-refractivity contribution in [2.45, 2.75) is 32.8 Å². The van der Waals surface area contributed by atoms with E-state index < -0.39 is 5.97 Å². The topological polar surface area (TPSA) is 68.7 Å². The van der Waals surface area contributed by atoms with Gasteiger partial charge in [-0.25, -0.2) is 4.98 Å². The Kier molecular flexibility index (Phi) is 5.21. The predicted molar refractivity (Wildman–Crippen MR) is 110 cm³/mol. The van der Waals surface area contributed by atoms with Gasteiger partial charge < -0.3 is 14.6 Å². The molecule has 2 heterocycles. The second kappa shape index (κ2) is 7.95. The van der Waals surface area contributed by atoms with Gasteiger partial charge in [0.15, 0.2) is 0 Å². The Hall–Kier alpha value is -3.34. The summed E-state index contributed by atoms with van der Waals surface area (Å²) in [4.78, 5) is 15.3. The van der Waals surface area contributed by atoms with E-state index in [2.05, 4.69) is 49.2 Å². The first kappa shape index (κ1) is 19.0. The summed E-state index contributed by atoms with van der Waals surface area (Å²) in [5.74, 6) is 0.136. The van der Waals surface area contributed by atoms with Gasteiger partial charge in [-0.15, -0.1) is 0 Å². The molecule has 0 amide bonds. The van der Waals surface area contributed by atoms with Gasteiger partial charge in [0.2, 0.25) is 5.88 Å². The van der Waals surface area contributed by atoms with E-state index in [0.29, 0.717) is 24.8 Å². The van der Waals surface area contributed by atoms with Crippen LogP contribution >= 0.6 is 0 Å². The first-order valence-corrected chi connectivity index (χ1v) is 9.64. The van der Waals surface area contributed by atoms with E-state index in [4.69, 9.17) is 14.6 Å². The minimum Gasteiger partial charge on any atom is -0.492 e. The number of aromatic nitrogens is 1. The molecule has 0 aliphatic carbocycles. The number of carboxylic acid groups (broad SMARTS) is 1. The van der Waals surface area contributed by atoms with Crippen LogP contribution < -0.4 is 9.47 Å². The van der Waals surface area contributed by atoms with Gasteiger partial charge in [0.05, 0.1) is 13.0 Å². The van der Waals surface area contributed by atoms with Crippen LogP contribution in [0.3, 0.4) is 0 Å². The molecule has 4 rings (SSSR count). The molecule has 5 nitrogen and oxygen atoms in total. The minimum absolute atomic E-state index is 0.0417. The number of aryl methyl sites for hydroxylation is 2. The first-order chi connectivity index (χ1) is 14.0. The summed E-state index contributed by atoms with van der Waals surface area (Å²) in [7, 11) is 0. The summed E-state index contributed by atoms with van der Waals surface area (Å²) >= 11 is 0. The van der Waals surface area contributed by atoms with Crippen LogP contribution in [-0.4, -0.2) is 22.7 Å². The van der Waals surface area contributed by atoms with Gasteiger partial charge in [-0.1, -0.05) is 36.4 Å². The highest BCUT2D eigenvalue weighted by Gasteiger charge is 2.27. The van der Waals surface area contributed by atoms with Gasteiger partial charge in [0.1, 0.15) is 12.4 Å². The molecule has 1 N–H and O–H groups in total. The number of ether oxygens (including phenoxy) is 2. The van der Waals surface area contributed by atoms with Crippen molar-refractivity contribution in [1.29, 1.82) is 0 Å². The Balaban J connectivity index is 1.49. The SMILES string of the molecule is Cc1cccc(C)c1-c1cccc(COc2cc3c(cn2)[C@H](CC(=O)O)CO3)c1. The molecule has 29 heavy (non-hydrogen) atoms. The van der Waals surface area contributed by atoms with Crippen LogP contribution in [-0.2, 0) is 11.4 Å². The number of benzene rings is 2. The van der Waals surface area contributed by atoms with Gasteiger partial charge in [-0.2, -0.15) is 0 Å². The monoisotopic (exact) mass is 389 g/mol. The molecule has 0 spiro atoms. The van der Waals surface area contributed by atoms with Crippen molar-refractivity contribution in [1.82, 2.24) is 4.98 Å². The Morgan fingerprint density at radius 3 is 2.69 bits per heavy atom. The Morgan fingerprint density at radius 1 is 1.17 bits per heavy atom. The number of carboxylic acids is 1. The van der Waals surface area contributed by atoms with E-state index in [1.807, 2.05) is 12.1 Å². The molecule has 1 aliphatic rings. The van der Waals surface area contributed by atoms with Crippen LogP contribution in [0.1, 0.15) is 34.6 Å². The van der Waals surface area contributed by atoms with Gasteiger partial charge in [0.25, 0.3) is 0 Å². The summed E-state index contributed by atoms with van der Waals surface area (Å²) in [6, 6.07) is 16.4. The first-order valence-electron chi connectivity index (χ1n) is 9.64. The zero-order valence-corrected chi connectivity index (χ0v) is 16.5. The zero-order valence-electron chi connectivity index (χ0n) is 16.5. The molecule has 1 aliphatic heterocycles. The lowest BCUT2D eigenvalue weighted by Gasteiger charge is -2.12. The number of fused-ring (bicyclic) bond motifs is 1. The predicted octanol–water partition coefficient (Wildman–Crippen LogP) is 4.90. The molecule has 0 fully saturated rings. The van der Waals surface area contributed by atoms with E-state index in [0.717, 1.165) is 11.1 Å². The van der Waals surface area contributed by atoms with Crippen LogP contribution in [0.5, 0.6) is 11.6 Å². The summed E-state index contributed by atoms with van der Waals surface area (Å²) in [6.07, 6.45) is 1.71. The third-order valence-electron chi connectivity index (χ3n) is 5.25. The van der Waals surface area contributed by atoms with E-state index >= 15 is 0 Å². The van der Waals surface area contributed by atoms with Gasteiger partial charge in [0, 0.05) is 23.7 Å². The fraction of sp³-hybridized carbons (Fsp3) is 0.250. The molecule has 0 saturated heterocycles. The molecule has 0 bridgehead atoms. The van der Waals surface area contributed by atoms with Crippen LogP contribution in [0.2, 0.25) is 0 Å². The van der Waals surface area contributed by atoms with Crippen LogP contribution in [0, 0.1) is 13.8 Å². The molecule has 0 unspecified atom stereocenters. The van der Waals surface area contributed by atoms with Crippen molar-refractivity contribution in [2.75, 3.05) is 6.61 Å². The standard InChI is InChI=1S/C24H23NO4/c1-15-5-3-6-16(2)24(15)18-8-4-7-17(9-18)13-29-22-11-21-20(12-25-22)19(14-28-21)10-23(26)27/h3-9,11-12,19H,10,13-14H2,1-2H3,(H,26,27)/t19-/m1/s1. The van der Waals surface area contributed by atoms with Crippen LogP contribution in [0.4, 0.5) is 0 Å². The molecule has 0 saturated carbocycles. The van der Waals surface area contributed by atoms with Crippen LogP contribution in [0.15, 0.2) is 54.7 Å². The lowest BCUT2D eigenvalue weighted by atomic mass is 9.95. The molecule has 5 heteroatoms. The fourth-order valence-electron chi connectivity index (χ4n) is 3.84. The molecule has 148 valence electrons. The van der Waals surface area contributed by atoms with Crippen molar-refractivity contribution in [2.24, 2.45) is 0 Å². The van der Waals surface area contributed by atoms with E-state index in [-0.39, 0.29) is 12.3 Å². The average molecular weight is 389 g/mol. The van der Waals surface area contributed by atoms with Crippen molar-refractivity contribution in [3.8, 4) is 22.8 Å². The fourth-order valence-corrected chi connectivity index (χ4v) is 3.84. The second-order valence-corrected chi connectivity index (χ2v) is 7.42. The maximum atomic E-state index is 11.0. The molecular weight excluding hydrogens is 366 g/mol. The molecule has 1 aromatic heterocycles. The van der Waals surface area contributed by atoms with Crippen molar-refractivity contribution < 1.29 is 19.4 Å². The number of hydrogen-bond acceptors (Lipinski definition) is 4. The maximum Gasteiger partial charge on any atom is 0.304 e. The quantitative estimate of drug-likeness (QED) is 0.650. The summed E-state index contributed by atoms with van der Waals surface area (Å²) in [6.45, 7) is 5.00. The molecule has 3 aromatic rings. The summed E-state index contributed by atoms with van der Waals surface area (Å²) in [5, 5.41) is 9.00. The summed E-state index contributed by atoms with van der Waals surface area (Å²) < 4.78 is 11.5. The highest BCUT2D eigenvalue weighted by molar-refractivity contribution is 5.71. The number of carbonyl (C=O) groups is 1. The van der Waals surface area contributed by atoms with Gasteiger partial charge in [-0.05, 0) is 47.7 Å². The Bertz CT molecular complexity index is 1040. The number of rotatable bonds is 6. The second-order valence-electron chi connectivity index (χ2n) is 7.42. The summed E-state index contributed by atoms with van der Waals surface area (Å²) in [5.41, 5.74) is 6.80. The highest BCUT2D eigenvalue weighted by Crippen LogP contribution is 2.37. The largest absolute Gasteiger partial charge is 0.492 e. The molecule has 2 aromatic carbocycles. The van der Waals surface area contributed by atoms with E-state index in [9.17, 15) is 4.79 Å². The third kappa shape index (κ3) is 4.09. The molecule has 0 radical (unpaired) electrons. The number of hydrogen-bond donors (Lipinski definition) is 1. The lowest BCUT2D eigenvalue weighted by molar-refractivity contribution is -0.137. The molecular formula is C24H23NO4. The lowest BCUT2D eigenvalue weighted by Crippen LogP contribution is -2.07. The zero-order chi connectivity index (χ0) is 20.4. The van der Waals surface area contributed by atoms with E-state index in [1.54, 1.807) is 12.3 Å². The maximum absolute atomic E-state index is 11.0. The van der Waals surface area contributed by atoms with E-state index in [1.165, 1.54) is 22.3 Å². The Labute approximate surface area is 169 Å². The minimum atomic E-state index is -0.837. The molecule has 1 atom stereocenters. The highest BCUT2D eigenvalue weighted by atomic mass is 16.5. The number of nitrogens with zero attached hydrogens (tertiary/aromatic N) is 1. The normalized spacial score (nSPS) is 14.9. The van der Waals surface area contributed by atoms with Gasteiger partial charge in [-0.3, -0.25) is 4.79 Å². The Morgan fingerprint density at radius 2 is 1.93 bits per heavy atom. The van der Waals surface area contributed by atoms with Crippen molar-refractivity contribution in [3.63, 3.8) is 0 Å². The smallest absolute Gasteiger partial charge is 0.304 e. The number of pyridine rings is 1. The van der Waals surface area contributed by atoms with Crippen molar-refractivity contribution >= 4 is 5.97 Å². The third-order valence-corrected chi connectivity index (χ3v) is 5.25. The number of aliphatic carboxylic acids is 1. The van der Waals surface area contributed by atoms with Crippen molar-refractivity contribution in [3.05, 3.63) is 77.0 Å². The average Bonchev–Trinajstić information content (AvgIpc) is 3.08.